The van der Waals surface area contributed by atoms with Crippen molar-refractivity contribution in [3.05, 3.63) is 0 Å². The second kappa shape index (κ2) is 4.74. The molecule has 0 radical (unpaired) electrons. The van der Waals surface area contributed by atoms with Gasteiger partial charge < -0.3 is 10.1 Å². The molecule has 0 aromatic rings. The fourth-order valence-electron chi connectivity index (χ4n) is 2.41. The highest BCUT2D eigenvalue weighted by molar-refractivity contribution is 4.84. The molecule has 0 amide bonds. The minimum absolute atomic E-state index is 0.0399. The molecule has 0 spiro atoms. The maximum Gasteiger partial charge on any atom is 0.248 e. The van der Waals surface area contributed by atoms with E-state index >= 15 is 0 Å². The lowest BCUT2D eigenvalue weighted by molar-refractivity contribution is -0.0431. The van der Waals surface area contributed by atoms with Crippen molar-refractivity contribution in [2.24, 2.45) is 0 Å². The predicted octanol–water partition coefficient (Wildman–Crippen LogP) is 2.33. The molecule has 1 heterocycles. The summed E-state index contributed by atoms with van der Waals surface area (Å²) >= 11 is 0. The molecule has 4 heteroatoms. The van der Waals surface area contributed by atoms with Crippen LogP contribution in [0.5, 0.6) is 0 Å². The van der Waals surface area contributed by atoms with Crippen LogP contribution in [0.1, 0.15) is 38.5 Å². The predicted molar refractivity (Wildman–Crippen MR) is 54.2 cm³/mol. The van der Waals surface area contributed by atoms with Crippen molar-refractivity contribution in [3.8, 4) is 0 Å². The molecule has 0 aromatic heterocycles. The molecule has 15 heavy (non-hydrogen) atoms. The van der Waals surface area contributed by atoms with Gasteiger partial charge in [0, 0.05) is 31.5 Å². The van der Waals surface area contributed by atoms with Gasteiger partial charge in [0.05, 0.1) is 6.61 Å². The lowest BCUT2D eigenvalue weighted by Crippen LogP contribution is -2.45. The zero-order valence-corrected chi connectivity index (χ0v) is 8.98. The standard InChI is InChI=1S/C11H19F2NO/c12-11(13)5-3-9(4-6-11)14-10-2-1-7-15-8-10/h9-10,14H,1-8H2. The highest BCUT2D eigenvalue weighted by atomic mass is 19.3. The second-order valence-electron chi connectivity index (χ2n) is 4.71. The summed E-state index contributed by atoms with van der Waals surface area (Å²) in [4.78, 5) is 0. The van der Waals surface area contributed by atoms with Crippen molar-refractivity contribution in [3.63, 3.8) is 0 Å². The fourth-order valence-corrected chi connectivity index (χ4v) is 2.41. The van der Waals surface area contributed by atoms with Gasteiger partial charge in [0.15, 0.2) is 0 Å². The molecular weight excluding hydrogens is 200 g/mol. The maximum absolute atomic E-state index is 12.9. The van der Waals surface area contributed by atoms with E-state index in [2.05, 4.69) is 5.32 Å². The van der Waals surface area contributed by atoms with Gasteiger partial charge in [-0.05, 0) is 25.7 Å². The van der Waals surface area contributed by atoms with Crippen molar-refractivity contribution < 1.29 is 13.5 Å². The maximum atomic E-state index is 12.9. The van der Waals surface area contributed by atoms with Gasteiger partial charge in [0.1, 0.15) is 0 Å². The third kappa shape index (κ3) is 3.38. The summed E-state index contributed by atoms with van der Waals surface area (Å²) < 4.78 is 31.2. The topological polar surface area (TPSA) is 21.3 Å². The largest absolute Gasteiger partial charge is 0.380 e. The van der Waals surface area contributed by atoms with Crippen LogP contribution in [0.3, 0.4) is 0 Å². The molecule has 1 unspecified atom stereocenters. The number of rotatable bonds is 2. The molecule has 1 aliphatic carbocycles. The van der Waals surface area contributed by atoms with Gasteiger partial charge in [-0.3, -0.25) is 0 Å². The fraction of sp³-hybridized carbons (Fsp3) is 1.00. The minimum atomic E-state index is -2.42. The Bertz CT molecular complexity index is 195. The SMILES string of the molecule is FC1(F)CCC(NC2CCCOC2)CC1. The molecule has 0 bridgehead atoms. The summed E-state index contributed by atoms with van der Waals surface area (Å²) in [7, 11) is 0. The molecule has 1 aliphatic heterocycles. The Balaban J connectivity index is 1.71. The first-order chi connectivity index (χ1) is 7.16. The minimum Gasteiger partial charge on any atom is -0.380 e. The number of ether oxygens (including phenoxy) is 1. The van der Waals surface area contributed by atoms with Crippen molar-refractivity contribution in [2.45, 2.75) is 56.5 Å². The van der Waals surface area contributed by atoms with Gasteiger partial charge in [-0.15, -0.1) is 0 Å². The molecular formula is C11H19F2NO. The van der Waals surface area contributed by atoms with Gasteiger partial charge in [-0.25, -0.2) is 8.78 Å². The summed E-state index contributed by atoms with van der Waals surface area (Å²) in [6.45, 7) is 1.59. The van der Waals surface area contributed by atoms with E-state index in [0.717, 1.165) is 26.1 Å². The molecule has 1 atom stereocenters. The molecule has 2 fully saturated rings. The van der Waals surface area contributed by atoms with Crippen molar-refractivity contribution in [1.29, 1.82) is 0 Å². The van der Waals surface area contributed by atoms with Crippen LogP contribution in [0.2, 0.25) is 0 Å². The lowest BCUT2D eigenvalue weighted by Gasteiger charge is -2.33. The van der Waals surface area contributed by atoms with Gasteiger partial charge >= 0.3 is 0 Å². The number of alkyl halides is 2. The molecule has 1 saturated carbocycles. The number of halogens is 2. The van der Waals surface area contributed by atoms with E-state index in [1.54, 1.807) is 0 Å². The molecule has 1 saturated heterocycles. The van der Waals surface area contributed by atoms with Crippen molar-refractivity contribution in [2.75, 3.05) is 13.2 Å². The zero-order chi connectivity index (χ0) is 10.7. The van der Waals surface area contributed by atoms with E-state index < -0.39 is 5.92 Å². The first kappa shape index (κ1) is 11.3. The quantitative estimate of drug-likeness (QED) is 0.769. The molecule has 2 aliphatic rings. The summed E-state index contributed by atoms with van der Waals surface area (Å²) in [6, 6.07) is 0.659. The van der Waals surface area contributed by atoms with Gasteiger partial charge in [-0.2, -0.15) is 0 Å². The Labute approximate surface area is 89.4 Å². The Kier molecular flexibility index (Phi) is 3.57. The second-order valence-corrected chi connectivity index (χ2v) is 4.71. The van der Waals surface area contributed by atoms with Crippen LogP contribution >= 0.6 is 0 Å². The summed E-state index contributed by atoms with van der Waals surface area (Å²) in [6.07, 6.45) is 3.48. The Morgan fingerprint density at radius 2 is 1.80 bits per heavy atom. The molecule has 2 nitrogen and oxygen atoms in total. The number of hydrogen-bond acceptors (Lipinski definition) is 2. The zero-order valence-electron chi connectivity index (χ0n) is 8.98. The van der Waals surface area contributed by atoms with Crippen LogP contribution in [0.15, 0.2) is 0 Å². The smallest absolute Gasteiger partial charge is 0.248 e. The Hall–Kier alpha value is -0.220. The van der Waals surface area contributed by atoms with Crippen LogP contribution in [0.4, 0.5) is 8.78 Å². The van der Waals surface area contributed by atoms with Crippen LogP contribution in [0.25, 0.3) is 0 Å². The van der Waals surface area contributed by atoms with Crippen LogP contribution in [0, 0.1) is 0 Å². The van der Waals surface area contributed by atoms with Crippen LogP contribution in [-0.4, -0.2) is 31.2 Å². The number of hydrogen-bond donors (Lipinski definition) is 1. The average molecular weight is 219 g/mol. The Morgan fingerprint density at radius 1 is 1.07 bits per heavy atom. The van der Waals surface area contributed by atoms with E-state index in [1.807, 2.05) is 0 Å². The summed E-state index contributed by atoms with van der Waals surface area (Å²) in [5.41, 5.74) is 0. The highest BCUT2D eigenvalue weighted by Crippen LogP contribution is 2.33. The van der Waals surface area contributed by atoms with Crippen molar-refractivity contribution >= 4 is 0 Å². The third-order valence-corrected chi connectivity index (χ3v) is 3.35. The van der Waals surface area contributed by atoms with Gasteiger partial charge in [0.25, 0.3) is 0 Å². The summed E-state index contributed by atoms with van der Waals surface area (Å²) in [5.74, 6) is -2.42. The monoisotopic (exact) mass is 219 g/mol. The average Bonchev–Trinajstić information content (AvgIpc) is 2.23. The van der Waals surface area contributed by atoms with E-state index in [4.69, 9.17) is 4.74 Å². The highest BCUT2D eigenvalue weighted by Gasteiger charge is 2.35. The van der Waals surface area contributed by atoms with E-state index in [-0.39, 0.29) is 18.9 Å². The summed E-state index contributed by atoms with van der Waals surface area (Å²) in [5, 5.41) is 3.44. The van der Waals surface area contributed by atoms with Crippen LogP contribution in [-0.2, 0) is 4.74 Å². The normalized spacial score (nSPS) is 32.8. The molecule has 0 aromatic carbocycles. The molecule has 2 rings (SSSR count). The van der Waals surface area contributed by atoms with E-state index in [1.165, 1.54) is 0 Å². The Morgan fingerprint density at radius 3 is 2.40 bits per heavy atom. The van der Waals surface area contributed by atoms with Gasteiger partial charge in [-0.1, -0.05) is 0 Å². The molecule has 1 N–H and O–H groups in total. The third-order valence-electron chi connectivity index (χ3n) is 3.35. The van der Waals surface area contributed by atoms with Crippen molar-refractivity contribution in [1.82, 2.24) is 5.32 Å². The molecule has 88 valence electrons. The lowest BCUT2D eigenvalue weighted by atomic mass is 9.91. The van der Waals surface area contributed by atoms with Crippen LogP contribution < -0.4 is 5.32 Å². The first-order valence-corrected chi connectivity index (χ1v) is 5.87. The van der Waals surface area contributed by atoms with Gasteiger partial charge in [0.2, 0.25) is 5.92 Å². The number of nitrogens with one attached hydrogen (secondary N) is 1. The van der Waals surface area contributed by atoms with E-state index in [0.29, 0.717) is 18.9 Å². The first-order valence-electron chi connectivity index (χ1n) is 5.87. The van der Waals surface area contributed by atoms with E-state index in [9.17, 15) is 8.78 Å².